The molecular weight excluding hydrogens is 440 g/mol. The largest absolute Gasteiger partial charge is 0.467 e. The molecule has 1 aliphatic carbocycles. The van der Waals surface area contributed by atoms with E-state index in [1.807, 2.05) is 28.9 Å². The van der Waals surface area contributed by atoms with Gasteiger partial charge in [0, 0.05) is 23.7 Å². The van der Waals surface area contributed by atoms with Gasteiger partial charge in [-0.3, -0.25) is 9.69 Å². The minimum Gasteiger partial charge on any atom is -0.467 e. The molecule has 1 atom stereocenters. The number of nitrogens with one attached hydrogen (secondary N) is 1. The summed E-state index contributed by atoms with van der Waals surface area (Å²) in [5.74, 6) is 1.65. The van der Waals surface area contributed by atoms with Crippen LogP contribution in [-0.4, -0.2) is 36.1 Å². The molecule has 35 heavy (non-hydrogen) atoms. The van der Waals surface area contributed by atoms with Crippen LogP contribution in [0.1, 0.15) is 80.6 Å². The SMILES string of the molecule is CCCC(c1nnnn1Cc1ccco1)N(Cc1cc2cc(C)ccc2[nH]c1=O)C1CCCCC1. The Hall–Kier alpha value is -3.26. The standard InChI is InChI=1S/C27H34N6O2/c1-3-8-25(26-29-30-31-33(26)18-23-11-7-14-35-23)32(22-9-5-4-6-10-22)17-21-16-20-15-19(2)12-13-24(20)28-27(21)34/h7,11-16,22,25H,3-6,8-10,17-18H2,1-2H3,(H,28,34). The summed E-state index contributed by atoms with van der Waals surface area (Å²) in [6.07, 6.45) is 9.54. The third-order valence-electron chi connectivity index (χ3n) is 7.18. The molecule has 1 aliphatic rings. The lowest BCUT2D eigenvalue weighted by Crippen LogP contribution is -2.41. The van der Waals surface area contributed by atoms with Gasteiger partial charge in [0.05, 0.1) is 12.3 Å². The van der Waals surface area contributed by atoms with Crippen molar-refractivity contribution in [3.63, 3.8) is 0 Å². The summed E-state index contributed by atoms with van der Waals surface area (Å²) in [5.41, 5.74) is 2.83. The van der Waals surface area contributed by atoms with Crippen molar-refractivity contribution in [2.75, 3.05) is 0 Å². The fraction of sp³-hybridized carbons (Fsp3) is 0.481. The molecule has 3 aromatic heterocycles. The second kappa shape index (κ2) is 10.6. The number of hydrogen-bond donors (Lipinski definition) is 1. The van der Waals surface area contributed by atoms with Crippen molar-refractivity contribution in [2.24, 2.45) is 0 Å². The van der Waals surface area contributed by atoms with Gasteiger partial charge >= 0.3 is 0 Å². The fourth-order valence-electron chi connectivity index (χ4n) is 5.42. The van der Waals surface area contributed by atoms with Gasteiger partial charge in [0.25, 0.3) is 5.56 Å². The lowest BCUT2D eigenvalue weighted by molar-refractivity contribution is 0.0811. The second-order valence-electron chi connectivity index (χ2n) is 9.76. The van der Waals surface area contributed by atoms with Crippen molar-refractivity contribution in [2.45, 2.75) is 84.0 Å². The Labute approximate surface area is 205 Å². The van der Waals surface area contributed by atoms with Gasteiger partial charge in [-0.05, 0) is 72.3 Å². The smallest absolute Gasteiger partial charge is 0.252 e. The number of H-pyrrole nitrogens is 1. The third-order valence-corrected chi connectivity index (χ3v) is 7.18. The van der Waals surface area contributed by atoms with E-state index in [9.17, 15) is 4.79 Å². The number of rotatable bonds is 9. The van der Waals surface area contributed by atoms with E-state index < -0.39 is 0 Å². The first kappa shape index (κ1) is 23.5. The van der Waals surface area contributed by atoms with Gasteiger partial charge < -0.3 is 9.40 Å². The van der Waals surface area contributed by atoms with E-state index in [1.54, 1.807) is 6.26 Å². The van der Waals surface area contributed by atoms with E-state index in [0.29, 0.717) is 19.1 Å². The fourth-order valence-corrected chi connectivity index (χ4v) is 5.42. The average molecular weight is 475 g/mol. The normalized spacial score (nSPS) is 15.7. The molecule has 3 heterocycles. The van der Waals surface area contributed by atoms with Gasteiger partial charge in [-0.1, -0.05) is 44.2 Å². The number of aromatic nitrogens is 5. The van der Waals surface area contributed by atoms with E-state index in [0.717, 1.165) is 53.7 Å². The van der Waals surface area contributed by atoms with Crippen molar-refractivity contribution < 1.29 is 4.42 Å². The van der Waals surface area contributed by atoms with Crippen molar-refractivity contribution in [3.8, 4) is 0 Å². The van der Waals surface area contributed by atoms with Crippen LogP contribution in [0, 0.1) is 6.92 Å². The zero-order chi connectivity index (χ0) is 24.2. The molecule has 184 valence electrons. The summed E-state index contributed by atoms with van der Waals surface area (Å²) in [6.45, 7) is 5.33. The second-order valence-corrected chi connectivity index (χ2v) is 9.76. The monoisotopic (exact) mass is 474 g/mol. The third kappa shape index (κ3) is 5.22. The Morgan fingerprint density at radius 2 is 2.06 bits per heavy atom. The van der Waals surface area contributed by atoms with Crippen LogP contribution >= 0.6 is 0 Å². The number of furan rings is 1. The number of aryl methyl sites for hydroxylation is 1. The zero-order valence-electron chi connectivity index (χ0n) is 20.6. The molecule has 8 nitrogen and oxygen atoms in total. The number of nitrogens with zero attached hydrogens (tertiary/aromatic N) is 5. The molecule has 5 rings (SSSR count). The predicted octanol–water partition coefficient (Wildman–Crippen LogP) is 5.14. The molecule has 0 spiro atoms. The molecular formula is C27H34N6O2. The van der Waals surface area contributed by atoms with E-state index in [1.165, 1.54) is 24.8 Å². The summed E-state index contributed by atoms with van der Waals surface area (Å²) in [7, 11) is 0. The Morgan fingerprint density at radius 3 is 2.83 bits per heavy atom. The predicted molar refractivity (Wildman–Crippen MR) is 135 cm³/mol. The summed E-state index contributed by atoms with van der Waals surface area (Å²) < 4.78 is 7.41. The Bertz CT molecular complexity index is 1300. The maximum absolute atomic E-state index is 13.1. The first-order valence-corrected chi connectivity index (χ1v) is 12.8. The number of pyridine rings is 1. The molecule has 0 aliphatic heterocycles. The minimum absolute atomic E-state index is 0.0145. The van der Waals surface area contributed by atoms with E-state index >= 15 is 0 Å². The highest BCUT2D eigenvalue weighted by Gasteiger charge is 2.32. The lowest BCUT2D eigenvalue weighted by Gasteiger charge is -2.39. The van der Waals surface area contributed by atoms with E-state index in [-0.39, 0.29) is 11.6 Å². The van der Waals surface area contributed by atoms with Gasteiger partial charge in [0.1, 0.15) is 12.3 Å². The van der Waals surface area contributed by atoms with Gasteiger partial charge in [-0.25, -0.2) is 4.68 Å². The highest BCUT2D eigenvalue weighted by atomic mass is 16.3. The molecule has 1 saturated carbocycles. The number of hydrogen-bond acceptors (Lipinski definition) is 6. The van der Waals surface area contributed by atoms with Crippen LogP contribution in [0.3, 0.4) is 0 Å². The molecule has 8 heteroatoms. The first-order chi connectivity index (χ1) is 17.1. The Balaban J connectivity index is 1.53. The highest BCUT2D eigenvalue weighted by Crippen LogP contribution is 2.34. The Morgan fingerprint density at radius 1 is 1.20 bits per heavy atom. The van der Waals surface area contributed by atoms with Crippen LogP contribution in [-0.2, 0) is 13.1 Å². The quantitative estimate of drug-likeness (QED) is 0.361. The van der Waals surface area contributed by atoms with E-state index in [4.69, 9.17) is 4.42 Å². The number of aromatic amines is 1. The molecule has 0 bridgehead atoms. The van der Waals surface area contributed by atoms with Crippen LogP contribution in [0.25, 0.3) is 10.9 Å². The van der Waals surface area contributed by atoms with E-state index in [2.05, 4.69) is 51.4 Å². The average Bonchev–Trinajstić information content (AvgIpc) is 3.55. The minimum atomic E-state index is -0.0208. The molecule has 0 amide bonds. The van der Waals surface area contributed by atoms with Crippen LogP contribution in [0.2, 0.25) is 0 Å². The van der Waals surface area contributed by atoms with Crippen molar-refractivity contribution in [1.82, 2.24) is 30.1 Å². The highest BCUT2D eigenvalue weighted by molar-refractivity contribution is 5.79. The topological polar surface area (TPSA) is 92.8 Å². The summed E-state index contributed by atoms with van der Waals surface area (Å²) >= 11 is 0. The lowest BCUT2D eigenvalue weighted by atomic mass is 9.91. The van der Waals surface area contributed by atoms with Crippen molar-refractivity contribution in [1.29, 1.82) is 0 Å². The molecule has 0 saturated heterocycles. The van der Waals surface area contributed by atoms with Crippen molar-refractivity contribution in [3.05, 3.63) is 75.7 Å². The van der Waals surface area contributed by atoms with Crippen molar-refractivity contribution >= 4 is 10.9 Å². The summed E-state index contributed by atoms with van der Waals surface area (Å²) in [5, 5.41) is 13.9. The molecule has 1 aromatic carbocycles. The van der Waals surface area contributed by atoms with Gasteiger partial charge in [0.2, 0.25) is 0 Å². The number of tetrazole rings is 1. The maximum atomic E-state index is 13.1. The molecule has 4 aromatic rings. The number of benzene rings is 1. The van der Waals surface area contributed by atoms with Crippen LogP contribution in [0.15, 0.2) is 51.9 Å². The summed E-state index contributed by atoms with van der Waals surface area (Å²) in [6, 6.07) is 12.4. The molecule has 1 unspecified atom stereocenters. The molecule has 1 fully saturated rings. The Kier molecular flexibility index (Phi) is 7.08. The van der Waals surface area contributed by atoms with Crippen LogP contribution in [0.5, 0.6) is 0 Å². The zero-order valence-corrected chi connectivity index (χ0v) is 20.6. The summed E-state index contributed by atoms with van der Waals surface area (Å²) in [4.78, 5) is 18.7. The molecule has 0 radical (unpaired) electrons. The number of fused-ring (bicyclic) bond motifs is 1. The van der Waals surface area contributed by atoms with Gasteiger partial charge in [-0.2, -0.15) is 0 Å². The van der Waals surface area contributed by atoms with Crippen LogP contribution < -0.4 is 5.56 Å². The van der Waals surface area contributed by atoms with Gasteiger partial charge in [-0.15, -0.1) is 5.10 Å². The van der Waals surface area contributed by atoms with Gasteiger partial charge in [0.15, 0.2) is 5.82 Å². The van der Waals surface area contributed by atoms with Crippen LogP contribution in [0.4, 0.5) is 0 Å². The molecule has 1 N–H and O–H groups in total. The first-order valence-electron chi connectivity index (χ1n) is 12.8. The maximum Gasteiger partial charge on any atom is 0.252 e.